The van der Waals surface area contributed by atoms with Crippen molar-refractivity contribution in [3.05, 3.63) is 54.0 Å². The highest BCUT2D eigenvalue weighted by Crippen LogP contribution is 2.23. The summed E-state index contributed by atoms with van der Waals surface area (Å²) in [5.74, 6) is -0.294. The van der Waals surface area contributed by atoms with Crippen LogP contribution in [0.5, 0.6) is 0 Å². The van der Waals surface area contributed by atoms with Gasteiger partial charge in [-0.1, -0.05) is 6.07 Å². The molecule has 0 aromatic carbocycles. The normalized spacial score (nSPS) is 10.1. The molecule has 0 fully saturated rings. The van der Waals surface area contributed by atoms with Gasteiger partial charge in [-0.3, -0.25) is 4.98 Å². The molecule has 0 radical (unpaired) electrons. The zero-order valence-corrected chi connectivity index (χ0v) is 9.72. The number of thioether (sulfide) groups is 1. The zero-order valence-electron chi connectivity index (χ0n) is 8.91. The molecule has 1 N–H and O–H groups in total. The summed E-state index contributed by atoms with van der Waals surface area (Å²) in [7, 11) is 0. The maximum absolute atomic E-state index is 11.0. The molecule has 0 aliphatic heterocycles. The van der Waals surface area contributed by atoms with Crippen molar-refractivity contribution in [2.24, 2.45) is 0 Å². The van der Waals surface area contributed by atoms with Gasteiger partial charge in [-0.05, 0) is 23.8 Å². The number of pyridine rings is 2. The molecule has 0 spiro atoms. The minimum Gasteiger partial charge on any atom is -0.478 e. The third-order valence-corrected chi connectivity index (χ3v) is 3.18. The summed E-state index contributed by atoms with van der Waals surface area (Å²) in [6.45, 7) is 0. The molecule has 0 saturated carbocycles. The number of hydrogen-bond acceptors (Lipinski definition) is 4. The summed E-state index contributed by atoms with van der Waals surface area (Å²) >= 11 is 1.40. The maximum atomic E-state index is 11.0. The number of nitrogens with zero attached hydrogens (tertiary/aromatic N) is 2. The topological polar surface area (TPSA) is 63.1 Å². The van der Waals surface area contributed by atoms with E-state index < -0.39 is 5.97 Å². The Morgan fingerprint density at radius 3 is 2.82 bits per heavy atom. The second-order valence-corrected chi connectivity index (χ2v) is 4.28. The lowest BCUT2D eigenvalue weighted by Gasteiger charge is -2.03. The number of carboxylic acid groups (broad SMARTS) is 1. The average Bonchev–Trinajstić information content (AvgIpc) is 2.38. The Morgan fingerprint density at radius 2 is 2.12 bits per heavy atom. The lowest BCUT2D eigenvalue weighted by molar-refractivity contribution is 0.0692. The van der Waals surface area contributed by atoms with Gasteiger partial charge in [-0.25, -0.2) is 9.78 Å². The van der Waals surface area contributed by atoms with Crippen molar-refractivity contribution in [3.8, 4) is 0 Å². The molecule has 86 valence electrons. The SMILES string of the molecule is O=C(O)c1cccnc1SCc1cccnc1. The minimum absolute atomic E-state index is 0.237. The Morgan fingerprint density at radius 1 is 1.29 bits per heavy atom. The molecule has 0 saturated heterocycles. The van der Waals surface area contributed by atoms with E-state index in [0.29, 0.717) is 10.8 Å². The smallest absolute Gasteiger partial charge is 0.338 e. The van der Waals surface area contributed by atoms with Crippen LogP contribution in [0.15, 0.2) is 47.9 Å². The third kappa shape index (κ3) is 3.04. The van der Waals surface area contributed by atoms with E-state index in [-0.39, 0.29) is 5.56 Å². The maximum Gasteiger partial charge on any atom is 0.338 e. The number of carboxylic acids is 1. The first-order valence-corrected chi connectivity index (χ1v) is 5.96. The van der Waals surface area contributed by atoms with Crippen LogP contribution in [0.2, 0.25) is 0 Å². The van der Waals surface area contributed by atoms with E-state index >= 15 is 0 Å². The minimum atomic E-state index is -0.952. The highest BCUT2D eigenvalue weighted by Gasteiger charge is 2.10. The molecule has 5 heteroatoms. The molecule has 0 aliphatic carbocycles. The molecule has 2 aromatic rings. The molecule has 0 bridgehead atoms. The Labute approximate surface area is 103 Å². The van der Waals surface area contributed by atoms with E-state index in [4.69, 9.17) is 5.11 Å². The van der Waals surface area contributed by atoms with Crippen molar-refractivity contribution in [2.75, 3.05) is 0 Å². The van der Waals surface area contributed by atoms with E-state index in [9.17, 15) is 4.79 Å². The van der Waals surface area contributed by atoms with Gasteiger partial charge in [0.1, 0.15) is 5.03 Å². The molecule has 0 unspecified atom stereocenters. The van der Waals surface area contributed by atoms with Crippen LogP contribution in [0.25, 0.3) is 0 Å². The lowest BCUT2D eigenvalue weighted by Crippen LogP contribution is -2.00. The quantitative estimate of drug-likeness (QED) is 0.839. The predicted molar refractivity (Wildman–Crippen MR) is 65.0 cm³/mol. The van der Waals surface area contributed by atoms with Crippen molar-refractivity contribution in [1.29, 1.82) is 0 Å². The van der Waals surface area contributed by atoms with Crippen molar-refractivity contribution in [2.45, 2.75) is 10.8 Å². The lowest BCUT2D eigenvalue weighted by atomic mass is 10.3. The van der Waals surface area contributed by atoms with Crippen molar-refractivity contribution >= 4 is 17.7 Å². The first-order chi connectivity index (χ1) is 8.27. The van der Waals surface area contributed by atoms with Crippen molar-refractivity contribution < 1.29 is 9.90 Å². The van der Waals surface area contributed by atoms with E-state index in [1.165, 1.54) is 11.8 Å². The number of rotatable bonds is 4. The fraction of sp³-hybridized carbons (Fsp3) is 0.0833. The van der Waals surface area contributed by atoms with Gasteiger partial charge in [-0.15, -0.1) is 11.8 Å². The number of hydrogen-bond donors (Lipinski definition) is 1. The Bertz CT molecular complexity index is 517. The second kappa shape index (κ2) is 5.45. The van der Waals surface area contributed by atoms with E-state index in [2.05, 4.69) is 9.97 Å². The van der Waals surface area contributed by atoms with Crippen LogP contribution in [-0.2, 0) is 5.75 Å². The average molecular weight is 246 g/mol. The third-order valence-electron chi connectivity index (χ3n) is 2.10. The van der Waals surface area contributed by atoms with E-state index in [1.54, 1.807) is 30.7 Å². The fourth-order valence-electron chi connectivity index (χ4n) is 1.30. The first-order valence-electron chi connectivity index (χ1n) is 4.97. The van der Waals surface area contributed by atoms with E-state index in [1.807, 2.05) is 12.1 Å². The molecule has 17 heavy (non-hydrogen) atoms. The van der Waals surface area contributed by atoms with Crippen LogP contribution < -0.4 is 0 Å². The fourth-order valence-corrected chi connectivity index (χ4v) is 2.22. The van der Waals surface area contributed by atoms with Crippen LogP contribution in [0.4, 0.5) is 0 Å². The molecule has 2 rings (SSSR count). The summed E-state index contributed by atoms with van der Waals surface area (Å²) in [6, 6.07) is 6.98. The standard InChI is InChI=1S/C12H10N2O2S/c15-12(16)10-4-2-6-14-11(10)17-8-9-3-1-5-13-7-9/h1-7H,8H2,(H,15,16). The molecule has 0 amide bonds. The predicted octanol–water partition coefficient (Wildman–Crippen LogP) is 2.47. The molecule has 0 aliphatic rings. The first kappa shape index (κ1) is 11.6. The van der Waals surface area contributed by atoms with Crippen LogP contribution in [-0.4, -0.2) is 21.0 Å². The van der Waals surface area contributed by atoms with Gasteiger partial charge in [0.2, 0.25) is 0 Å². The Balaban J connectivity index is 2.12. The summed E-state index contributed by atoms with van der Waals surface area (Å²) < 4.78 is 0. The van der Waals surface area contributed by atoms with Gasteiger partial charge in [-0.2, -0.15) is 0 Å². The van der Waals surface area contributed by atoms with Crippen molar-refractivity contribution in [1.82, 2.24) is 9.97 Å². The van der Waals surface area contributed by atoms with Crippen LogP contribution >= 0.6 is 11.8 Å². The van der Waals surface area contributed by atoms with Gasteiger partial charge >= 0.3 is 5.97 Å². The van der Waals surface area contributed by atoms with Crippen LogP contribution in [0.3, 0.4) is 0 Å². The highest BCUT2D eigenvalue weighted by atomic mass is 32.2. The van der Waals surface area contributed by atoms with Crippen LogP contribution in [0, 0.1) is 0 Å². The van der Waals surface area contributed by atoms with Crippen molar-refractivity contribution in [3.63, 3.8) is 0 Å². The summed E-state index contributed by atoms with van der Waals surface area (Å²) in [5, 5.41) is 9.53. The molecule has 0 atom stereocenters. The summed E-state index contributed by atoms with van der Waals surface area (Å²) in [6.07, 6.45) is 5.06. The summed E-state index contributed by atoms with van der Waals surface area (Å²) in [4.78, 5) is 19.0. The highest BCUT2D eigenvalue weighted by molar-refractivity contribution is 7.98. The van der Waals surface area contributed by atoms with Gasteiger partial charge in [0.25, 0.3) is 0 Å². The molecule has 2 aromatic heterocycles. The van der Waals surface area contributed by atoms with E-state index in [0.717, 1.165) is 5.56 Å². The van der Waals surface area contributed by atoms with Gasteiger partial charge in [0.15, 0.2) is 0 Å². The molecule has 4 nitrogen and oxygen atoms in total. The van der Waals surface area contributed by atoms with Crippen LogP contribution in [0.1, 0.15) is 15.9 Å². The van der Waals surface area contributed by atoms with Gasteiger partial charge in [0.05, 0.1) is 5.56 Å². The monoisotopic (exact) mass is 246 g/mol. The summed E-state index contributed by atoms with van der Waals surface area (Å²) in [5.41, 5.74) is 1.28. The molecule has 2 heterocycles. The molecular weight excluding hydrogens is 236 g/mol. The Hall–Kier alpha value is -1.88. The largest absolute Gasteiger partial charge is 0.478 e. The number of aromatic carboxylic acids is 1. The van der Waals surface area contributed by atoms with Gasteiger partial charge in [0, 0.05) is 24.3 Å². The second-order valence-electron chi connectivity index (χ2n) is 3.31. The number of aromatic nitrogens is 2. The number of carbonyl (C=O) groups is 1. The zero-order chi connectivity index (χ0) is 12.1. The van der Waals surface area contributed by atoms with Gasteiger partial charge < -0.3 is 5.11 Å². The Kier molecular flexibility index (Phi) is 3.72. The molecular formula is C12H10N2O2S.